The highest BCUT2D eigenvalue weighted by molar-refractivity contribution is 5.16. The van der Waals surface area contributed by atoms with Crippen molar-refractivity contribution in [1.29, 1.82) is 0 Å². The number of rotatable bonds is 15. The Kier molecular flexibility index (Phi) is 11.2. The average Bonchev–Trinajstić information content (AvgIpc) is 2.96. The SMILES string of the molecule is C=CCCCO[C@H]1C(=C)O[C@H](COCc2ccccc2)[C@@H](OCc2ccccc2)[C@@H]1OCc1ccccc1. The Morgan fingerprint density at radius 3 is 1.76 bits per heavy atom. The first-order valence-corrected chi connectivity index (χ1v) is 13.2. The van der Waals surface area contributed by atoms with Crippen LogP contribution in [-0.2, 0) is 43.5 Å². The Labute approximate surface area is 226 Å². The minimum absolute atomic E-state index is 0.335. The molecule has 0 N–H and O–H groups in total. The maximum Gasteiger partial charge on any atom is 0.150 e. The van der Waals surface area contributed by atoms with Gasteiger partial charge in [-0.1, -0.05) is 104 Å². The maximum atomic E-state index is 6.54. The molecule has 5 heteroatoms. The monoisotopic (exact) mass is 514 g/mol. The van der Waals surface area contributed by atoms with Crippen molar-refractivity contribution in [2.24, 2.45) is 0 Å². The zero-order valence-electron chi connectivity index (χ0n) is 22.0. The number of benzene rings is 3. The topological polar surface area (TPSA) is 46.2 Å². The number of unbranched alkanes of at least 4 members (excludes halogenated alkanes) is 1. The highest BCUT2D eigenvalue weighted by Gasteiger charge is 2.45. The van der Waals surface area contributed by atoms with Gasteiger partial charge in [-0.25, -0.2) is 0 Å². The van der Waals surface area contributed by atoms with Gasteiger partial charge in [-0.05, 0) is 29.5 Å². The smallest absolute Gasteiger partial charge is 0.150 e. The van der Waals surface area contributed by atoms with Crippen LogP contribution >= 0.6 is 0 Å². The molecule has 4 rings (SSSR count). The molecule has 0 radical (unpaired) electrons. The van der Waals surface area contributed by atoms with Crippen molar-refractivity contribution in [3.63, 3.8) is 0 Å². The molecule has 38 heavy (non-hydrogen) atoms. The standard InChI is InChI=1S/C33H38O5/c1-3-4-14-21-35-31-26(2)38-30(25-34-22-27-15-8-5-9-16-27)32(36-23-28-17-10-6-11-18-28)33(31)37-24-29-19-12-7-13-20-29/h3,5-13,15-20,30-33H,1-2,4,14,21-25H2/t30-,31+,32-,33-/m1/s1. The normalized spacial score (nSPS) is 21.1. The van der Waals surface area contributed by atoms with E-state index in [-0.39, 0.29) is 0 Å². The van der Waals surface area contributed by atoms with Crippen molar-refractivity contribution in [2.45, 2.75) is 57.1 Å². The molecule has 1 aliphatic rings. The summed E-state index contributed by atoms with van der Waals surface area (Å²) in [6, 6.07) is 30.3. The summed E-state index contributed by atoms with van der Waals surface area (Å²) in [6.45, 7) is 10.2. The lowest BCUT2D eigenvalue weighted by atomic mass is 9.97. The van der Waals surface area contributed by atoms with E-state index in [1.807, 2.05) is 97.1 Å². The molecule has 1 saturated heterocycles. The van der Waals surface area contributed by atoms with Crippen LogP contribution in [0.3, 0.4) is 0 Å². The summed E-state index contributed by atoms with van der Waals surface area (Å²) in [4.78, 5) is 0. The molecule has 5 nitrogen and oxygen atoms in total. The molecule has 0 unspecified atom stereocenters. The fraction of sp³-hybridized carbons (Fsp3) is 0.333. The number of allylic oxidation sites excluding steroid dienone is 1. The van der Waals surface area contributed by atoms with Crippen LogP contribution in [0.1, 0.15) is 29.5 Å². The minimum atomic E-state index is -0.463. The van der Waals surface area contributed by atoms with Gasteiger partial charge in [0.2, 0.25) is 0 Å². The van der Waals surface area contributed by atoms with Crippen LogP contribution in [-0.4, -0.2) is 37.6 Å². The summed E-state index contributed by atoms with van der Waals surface area (Å²) in [5, 5.41) is 0. The van der Waals surface area contributed by atoms with Gasteiger partial charge in [0.1, 0.15) is 24.1 Å². The molecule has 0 bridgehead atoms. The third-order valence-electron chi connectivity index (χ3n) is 6.42. The molecule has 0 saturated carbocycles. The highest BCUT2D eigenvalue weighted by atomic mass is 16.6. The van der Waals surface area contributed by atoms with Gasteiger partial charge in [0.25, 0.3) is 0 Å². The van der Waals surface area contributed by atoms with E-state index >= 15 is 0 Å². The van der Waals surface area contributed by atoms with Gasteiger partial charge in [-0.15, -0.1) is 6.58 Å². The van der Waals surface area contributed by atoms with Gasteiger partial charge >= 0.3 is 0 Å². The molecule has 0 aromatic heterocycles. The van der Waals surface area contributed by atoms with Gasteiger partial charge in [0.15, 0.2) is 6.10 Å². The first-order valence-electron chi connectivity index (χ1n) is 13.2. The second kappa shape index (κ2) is 15.3. The number of hydrogen-bond donors (Lipinski definition) is 0. The average molecular weight is 515 g/mol. The molecule has 3 aromatic rings. The van der Waals surface area contributed by atoms with Crippen LogP contribution in [0.2, 0.25) is 0 Å². The van der Waals surface area contributed by atoms with Crippen molar-refractivity contribution < 1.29 is 23.7 Å². The number of hydrogen-bond acceptors (Lipinski definition) is 5. The summed E-state index contributed by atoms with van der Waals surface area (Å²) < 4.78 is 31.8. The predicted octanol–water partition coefficient (Wildman–Crippen LogP) is 6.64. The van der Waals surface area contributed by atoms with E-state index in [9.17, 15) is 0 Å². The van der Waals surface area contributed by atoms with Crippen molar-refractivity contribution in [2.75, 3.05) is 13.2 Å². The lowest BCUT2D eigenvalue weighted by molar-refractivity contribution is -0.221. The zero-order chi connectivity index (χ0) is 26.4. The Balaban J connectivity index is 1.52. The van der Waals surface area contributed by atoms with Crippen molar-refractivity contribution in [3.8, 4) is 0 Å². The van der Waals surface area contributed by atoms with E-state index < -0.39 is 24.4 Å². The lowest BCUT2D eigenvalue weighted by Gasteiger charge is -2.43. The molecular formula is C33H38O5. The molecule has 200 valence electrons. The molecule has 0 aliphatic carbocycles. The Hall–Kier alpha value is -3.22. The highest BCUT2D eigenvalue weighted by Crippen LogP contribution is 2.31. The summed E-state index contributed by atoms with van der Waals surface area (Å²) in [5.74, 6) is 0.537. The van der Waals surface area contributed by atoms with Gasteiger partial charge in [0.05, 0.1) is 26.4 Å². The molecule has 1 aliphatic heterocycles. The van der Waals surface area contributed by atoms with Gasteiger partial charge in [-0.3, -0.25) is 0 Å². The first kappa shape index (κ1) is 27.8. The third kappa shape index (κ3) is 8.40. The zero-order valence-corrected chi connectivity index (χ0v) is 22.0. The molecule has 0 spiro atoms. The Morgan fingerprint density at radius 1 is 0.684 bits per heavy atom. The molecule has 4 atom stereocenters. The van der Waals surface area contributed by atoms with E-state index in [0.29, 0.717) is 38.8 Å². The second-order valence-corrected chi connectivity index (χ2v) is 9.37. The van der Waals surface area contributed by atoms with Crippen LogP contribution in [0.25, 0.3) is 0 Å². The van der Waals surface area contributed by atoms with E-state index in [1.54, 1.807) is 0 Å². The molecule has 3 aromatic carbocycles. The summed E-state index contributed by atoms with van der Waals surface area (Å²) >= 11 is 0. The molecule has 1 fully saturated rings. The largest absolute Gasteiger partial charge is 0.487 e. The fourth-order valence-electron chi connectivity index (χ4n) is 4.44. The van der Waals surface area contributed by atoms with Crippen LogP contribution in [0.4, 0.5) is 0 Å². The van der Waals surface area contributed by atoms with Gasteiger partial charge in [-0.2, -0.15) is 0 Å². The summed E-state index contributed by atoms with van der Waals surface area (Å²) in [6.07, 6.45) is 1.92. The predicted molar refractivity (Wildman–Crippen MR) is 149 cm³/mol. The molecular weight excluding hydrogens is 476 g/mol. The Morgan fingerprint density at radius 2 is 1.21 bits per heavy atom. The van der Waals surface area contributed by atoms with Crippen LogP contribution in [0, 0.1) is 0 Å². The Bertz CT molecular complexity index is 1090. The second-order valence-electron chi connectivity index (χ2n) is 9.37. The summed E-state index contributed by atoms with van der Waals surface area (Å²) in [7, 11) is 0. The quantitative estimate of drug-likeness (QED) is 0.168. The molecule has 1 heterocycles. The molecule has 0 amide bonds. The van der Waals surface area contributed by atoms with Crippen molar-refractivity contribution in [1.82, 2.24) is 0 Å². The summed E-state index contributed by atoms with van der Waals surface area (Å²) in [5.41, 5.74) is 3.25. The maximum absolute atomic E-state index is 6.54. The first-order chi connectivity index (χ1) is 18.7. The van der Waals surface area contributed by atoms with Crippen molar-refractivity contribution in [3.05, 3.63) is 133 Å². The van der Waals surface area contributed by atoms with E-state index in [4.69, 9.17) is 23.7 Å². The van der Waals surface area contributed by atoms with E-state index in [0.717, 1.165) is 29.5 Å². The van der Waals surface area contributed by atoms with Gasteiger partial charge < -0.3 is 23.7 Å². The lowest BCUT2D eigenvalue weighted by Crippen LogP contribution is -2.56. The number of ether oxygens (including phenoxy) is 5. The van der Waals surface area contributed by atoms with Crippen LogP contribution in [0.15, 0.2) is 116 Å². The third-order valence-corrected chi connectivity index (χ3v) is 6.42. The van der Waals surface area contributed by atoms with E-state index in [1.165, 1.54) is 0 Å². The van der Waals surface area contributed by atoms with Crippen LogP contribution in [0.5, 0.6) is 0 Å². The fourth-order valence-corrected chi connectivity index (χ4v) is 4.44. The van der Waals surface area contributed by atoms with E-state index in [2.05, 4.69) is 13.2 Å². The van der Waals surface area contributed by atoms with Crippen molar-refractivity contribution >= 4 is 0 Å². The van der Waals surface area contributed by atoms with Gasteiger partial charge in [0, 0.05) is 6.61 Å². The minimum Gasteiger partial charge on any atom is -0.487 e. The van der Waals surface area contributed by atoms with Crippen LogP contribution < -0.4 is 0 Å².